The third kappa shape index (κ3) is 4.78. The Hall–Kier alpha value is -2.43. The van der Waals surface area contributed by atoms with E-state index < -0.39 is 0 Å². The highest BCUT2D eigenvalue weighted by Gasteiger charge is 2.16. The van der Waals surface area contributed by atoms with Crippen LogP contribution in [0.1, 0.15) is 5.89 Å². The third-order valence-corrected chi connectivity index (χ3v) is 4.01. The average Bonchev–Trinajstić information content (AvgIpc) is 3.07. The first-order valence-electron chi connectivity index (χ1n) is 8.70. The zero-order valence-electron chi connectivity index (χ0n) is 14.9. The predicted molar refractivity (Wildman–Crippen MR) is 103 cm³/mol. The second-order valence-corrected chi connectivity index (χ2v) is 6.32. The molecule has 0 atom stereocenters. The molecule has 0 unspecified atom stereocenters. The second-order valence-electron chi connectivity index (χ2n) is 6.32. The van der Waals surface area contributed by atoms with Crippen molar-refractivity contribution < 1.29 is 4.42 Å². The van der Waals surface area contributed by atoms with Crippen molar-refractivity contribution in [2.24, 2.45) is 0 Å². The molecule has 0 radical (unpaired) electrons. The van der Waals surface area contributed by atoms with Gasteiger partial charge in [0.15, 0.2) is 11.7 Å². The van der Waals surface area contributed by atoms with E-state index >= 15 is 0 Å². The summed E-state index contributed by atoms with van der Waals surface area (Å²) in [7, 11) is 4.15. The van der Waals surface area contributed by atoms with E-state index in [1.54, 1.807) is 0 Å². The maximum atomic E-state index is 6.12. The number of benzene rings is 2. The highest BCUT2D eigenvalue weighted by molar-refractivity contribution is 5.76. The highest BCUT2D eigenvalue weighted by atomic mass is 16.4. The van der Waals surface area contributed by atoms with Gasteiger partial charge in [-0.05, 0) is 14.1 Å². The lowest BCUT2D eigenvalue weighted by molar-refractivity contribution is 0.398. The smallest absolute Gasteiger partial charge is 0.196 e. The summed E-state index contributed by atoms with van der Waals surface area (Å²) in [6.45, 7) is 2.84. The summed E-state index contributed by atoms with van der Waals surface area (Å²) in [6, 6.07) is 20.4. The van der Waals surface area contributed by atoms with Crippen molar-refractivity contribution in [2.45, 2.75) is 6.42 Å². The number of nitrogens with one attached hydrogen (secondary N) is 1. The zero-order chi connectivity index (χ0) is 17.5. The van der Waals surface area contributed by atoms with Crippen LogP contribution < -0.4 is 5.32 Å². The van der Waals surface area contributed by atoms with Gasteiger partial charge >= 0.3 is 0 Å². The van der Waals surface area contributed by atoms with Gasteiger partial charge in [-0.1, -0.05) is 60.7 Å². The van der Waals surface area contributed by atoms with Gasteiger partial charge in [0.25, 0.3) is 0 Å². The number of hydrogen-bond acceptors (Lipinski definition) is 4. The van der Waals surface area contributed by atoms with Crippen molar-refractivity contribution in [2.75, 3.05) is 33.7 Å². The topological polar surface area (TPSA) is 41.3 Å². The Labute approximate surface area is 149 Å². The minimum absolute atomic E-state index is 0.773. The van der Waals surface area contributed by atoms with Crippen molar-refractivity contribution in [1.29, 1.82) is 0 Å². The molecule has 0 fully saturated rings. The molecular weight excluding hydrogens is 310 g/mol. The lowest BCUT2D eigenvalue weighted by Crippen LogP contribution is -2.27. The standard InChI is InChI=1S/C21H25N3O/c1-24(2)16-15-22-14-13-19-23-20(17-9-5-3-6-10-17)21(25-19)18-11-7-4-8-12-18/h3-12,22H,13-16H2,1-2H3. The third-order valence-electron chi connectivity index (χ3n) is 4.01. The second kappa shape index (κ2) is 8.60. The van der Waals surface area contributed by atoms with Crippen molar-refractivity contribution in [3.05, 3.63) is 66.6 Å². The Balaban J connectivity index is 1.78. The van der Waals surface area contributed by atoms with E-state index in [2.05, 4.69) is 48.6 Å². The Morgan fingerprint density at radius 3 is 2.16 bits per heavy atom. The molecule has 3 rings (SSSR count). The molecule has 0 bridgehead atoms. The molecule has 0 aliphatic rings. The van der Waals surface area contributed by atoms with Crippen LogP contribution >= 0.6 is 0 Å². The van der Waals surface area contributed by atoms with E-state index in [9.17, 15) is 0 Å². The number of aromatic nitrogens is 1. The maximum Gasteiger partial charge on any atom is 0.196 e. The molecule has 1 N–H and O–H groups in total. The van der Waals surface area contributed by atoms with Crippen LogP contribution in [0.2, 0.25) is 0 Å². The van der Waals surface area contributed by atoms with Crippen LogP contribution in [-0.4, -0.2) is 43.6 Å². The summed E-state index contributed by atoms with van der Waals surface area (Å²) in [5, 5.41) is 3.43. The normalized spacial score (nSPS) is 11.2. The van der Waals surface area contributed by atoms with Gasteiger partial charge < -0.3 is 14.6 Å². The van der Waals surface area contributed by atoms with E-state index in [1.807, 2.05) is 36.4 Å². The molecule has 1 heterocycles. The molecular formula is C21H25N3O. The minimum atomic E-state index is 0.773. The largest absolute Gasteiger partial charge is 0.440 e. The number of hydrogen-bond donors (Lipinski definition) is 1. The highest BCUT2D eigenvalue weighted by Crippen LogP contribution is 2.32. The molecule has 2 aromatic carbocycles. The van der Waals surface area contributed by atoms with Crippen LogP contribution in [0.4, 0.5) is 0 Å². The van der Waals surface area contributed by atoms with Gasteiger partial charge in [0.05, 0.1) is 0 Å². The van der Waals surface area contributed by atoms with Crippen molar-refractivity contribution >= 4 is 0 Å². The van der Waals surface area contributed by atoms with E-state index in [0.29, 0.717) is 0 Å². The Kier molecular flexibility index (Phi) is 5.99. The molecule has 4 heteroatoms. The lowest BCUT2D eigenvalue weighted by atomic mass is 10.1. The van der Waals surface area contributed by atoms with E-state index in [4.69, 9.17) is 9.40 Å². The minimum Gasteiger partial charge on any atom is -0.440 e. The van der Waals surface area contributed by atoms with Gasteiger partial charge in [0.2, 0.25) is 0 Å². The van der Waals surface area contributed by atoms with Crippen LogP contribution in [0, 0.1) is 0 Å². The fourth-order valence-corrected chi connectivity index (χ4v) is 2.67. The quantitative estimate of drug-likeness (QED) is 0.637. The molecule has 0 saturated heterocycles. The summed E-state index contributed by atoms with van der Waals surface area (Å²) in [5.74, 6) is 1.62. The zero-order valence-corrected chi connectivity index (χ0v) is 14.9. The number of oxazole rings is 1. The van der Waals surface area contributed by atoms with Gasteiger partial charge in [-0.2, -0.15) is 0 Å². The molecule has 130 valence electrons. The van der Waals surface area contributed by atoms with Crippen molar-refractivity contribution in [3.63, 3.8) is 0 Å². The first-order valence-corrected chi connectivity index (χ1v) is 8.70. The van der Waals surface area contributed by atoms with Gasteiger partial charge in [-0.15, -0.1) is 0 Å². The molecule has 0 aliphatic heterocycles. The molecule has 25 heavy (non-hydrogen) atoms. The van der Waals surface area contributed by atoms with E-state index in [0.717, 1.165) is 54.5 Å². The van der Waals surface area contributed by atoms with Gasteiger partial charge in [-0.25, -0.2) is 4.98 Å². The predicted octanol–water partition coefficient (Wildman–Crippen LogP) is 3.70. The van der Waals surface area contributed by atoms with Crippen molar-refractivity contribution in [3.8, 4) is 22.6 Å². The summed E-state index contributed by atoms with van der Waals surface area (Å²) in [6.07, 6.45) is 0.778. The van der Waals surface area contributed by atoms with E-state index in [-0.39, 0.29) is 0 Å². The molecule has 0 amide bonds. The Morgan fingerprint density at radius 2 is 1.52 bits per heavy atom. The van der Waals surface area contributed by atoms with Gasteiger partial charge in [0, 0.05) is 37.2 Å². The number of nitrogens with zero attached hydrogens (tertiary/aromatic N) is 2. The number of likely N-dealkylation sites (N-methyl/N-ethyl adjacent to an activating group) is 1. The number of rotatable bonds is 8. The average molecular weight is 335 g/mol. The molecule has 3 aromatic rings. The van der Waals surface area contributed by atoms with Crippen LogP contribution in [0.3, 0.4) is 0 Å². The summed E-state index contributed by atoms with van der Waals surface area (Å²) < 4.78 is 6.12. The van der Waals surface area contributed by atoms with Crippen LogP contribution in [0.15, 0.2) is 65.1 Å². The summed E-state index contributed by atoms with van der Waals surface area (Å²) in [5.41, 5.74) is 3.05. The van der Waals surface area contributed by atoms with Crippen molar-refractivity contribution in [1.82, 2.24) is 15.2 Å². The Bertz CT molecular complexity index is 709. The SMILES string of the molecule is CN(C)CCNCCc1nc(-c2ccccc2)c(-c2ccccc2)o1. The van der Waals surface area contributed by atoms with Crippen LogP contribution in [-0.2, 0) is 6.42 Å². The first-order chi connectivity index (χ1) is 12.2. The van der Waals surface area contributed by atoms with Gasteiger partial charge in [0.1, 0.15) is 5.69 Å². The molecule has 4 nitrogen and oxygen atoms in total. The fourth-order valence-electron chi connectivity index (χ4n) is 2.67. The Morgan fingerprint density at radius 1 is 0.880 bits per heavy atom. The molecule has 0 saturated carbocycles. The summed E-state index contributed by atoms with van der Waals surface area (Å²) >= 11 is 0. The molecule has 1 aromatic heterocycles. The molecule has 0 spiro atoms. The van der Waals surface area contributed by atoms with Crippen LogP contribution in [0.25, 0.3) is 22.6 Å². The first kappa shape index (κ1) is 17.4. The lowest BCUT2D eigenvalue weighted by Gasteiger charge is -2.09. The summed E-state index contributed by atoms with van der Waals surface area (Å²) in [4.78, 5) is 6.94. The monoisotopic (exact) mass is 335 g/mol. The van der Waals surface area contributed by atoms with E-state index in [1.165, 1.54) is 0 Å². The van der Waals surface area contributed by atoms with Crippen LogP contribution in [0.5, 0.6) is 0 Å². The maximum absolute atomic E-state index is 6.12. The van der Waals surface area contributed by atoms with Gasteiger partial charge in [-0.3, -0.25) is 0 Å². The molecule has 0 aliphatic carbocycles. The fraction of sp³-hybridized carbons (Fsp3) is 0.286.